The highest BCUT2D eigenvalue weighted by Gasteiger charge is 2.46. The van der Waals surface area contributed by atoms with E-state index in [9.17, 15) is 14.7 Å². The van der Waals surface area contributed by atoms with Crippen molar-refractivity contribution < 1.29 is 33.6 Å². The standard InChI is InChI=1S/C33H44N2O7/c1-6-7-16-41-27-11-8-24(20-28(27)39-5)30-29(31(36)26-10-9-25(19-23(26)4)42-21-22(2)3)32(37)33(38)35(30)13-12-34-14-17-40-18-15-34/h8-11,19-20,22,30,36H,6-7,12-18,21H2,1-5H3. The molecule has 9 heteroatoms. The lowest BCUT2D eigenvalue weighted by molar-refractivity contribution is -0.140. The summed E-state index contributed by atoms with van der Waals surface area (Å²) in [6, 6.07) is 10.0. The Labute approximate surface area is 249 Å². The summed E-state index contributed by atoms with van der Waals surface area (Å²) >= 11 is 0. The first kappa shape index (κ1) is 31.4. The molecule has 2 saturated heterocycles. The van der Waals surface area contributed by atoms with Crippen LogP contribution in [0.25, 0.3) is 5.76 Å². The van der Waals surface area contributed by atoms with Gasteiger partial charge in [0, 0.05) is 31.7 Å². The SMILES string of the molecule is CCCCOc1ccc(C2C(=C(O)c3ccc(OCC(C)C)cc3C)C(=O)C(=O)N2CCN2CCOCC2)cc1OC. The second-order valence-corrected chi connectivity index (χ2v) is 11.2. The second-order valence-electron chi connectivity index (χ2n) is 11.2. The first-order valence-electron chi connectivity index (χ1n) is 14.9. The van der Waals surface area contributed by atoms with Crippen LogP contribution in [-0.2, 0) is 14.3 Å². The zero-order chi connectivity index (χ0) is 30.2. The van der Waals surface area contributed by atoms with Gasteiger partial charge in [-0.15, -0.1) is 0 Å². The van der Waals surface area contributed by atoms with Crippen molar-refractivity contribution in [2.24, 2.45) is 5.92 Å². The number of hydrogen-bond acceptors (Lipinski definition) is 8. The number of morpholine rings is 1. The maximum absolute atomic E-state index is 13.6. The molecule has 2 fully saturated rings. The van der Waals surface area contributed by atoms with Crippen molar-refractivity contribution in [1.82, 2.24) is 9.80 Å². The molecule has 9 nitrogen and oxygen atoms in total. The predicted molar refractivity (Wildman–Crippen MR) is 161 cm³/mol. The first-order valence-corrected chi connectivity index (χ1v) is 14.9. The van der Waals surface area contributed by atoms with E-state index in [-0.39, 0.29) is 11.3 Å². The Kier molecular flexibility index (Phi) is 10.9. The third kappa shape index (κ3) is 7.25. The molecule has 2 heterocycles. The van der Waals surface area contributed by atoms with E-state index in [1.807, 2.05) is 19.1 Å². The van der Waals surface area contributed by atoms with Crippen molar-refractivity contribution in [3.8, 4) is 17.2 Å². The maximum Gasteiger partial charge on any atom is 0.295 e. The lowest BCUT2D eigenvalue weighted by Crippen LogP contribution is -2.42. The number of amides is 1. The zero-order valence-corrected chi connectivity index (χ0v) is 25.5. The molecule has 4 rings (SSSR count). The van der Waals surface area contributed by atoms with Crippen LogP contribution >= 0.6 is 0 Å². The third-order valence-electron chi connectivity index (χ3n) is 7.60. The predicted octanol–water partition coefficient (Wildman–Crippen LogP) is 4.97. The molecule has 1 amide bonds. The number of benzene rings is 2. The molecule has 2 aromatic rings. The van der Waals surface area contributed by atoms with Gasteiger partial charge in [0.2, 0.25) is 0 Å². The van der Waals surface area contributed by atoms with Crippen LogP contribution in [-0.4, -0.2) is 86.3 Å². The summed E-state index contributed by atoms with van der Waals surface area (Å²) in [5.41, 5.74) is 1.94. The van der Waals surface area contributed by atoms with Crippen molar-refractivity contribution in [3.05, 3.63) is 58.7 Å². The number of aryl methyl sites for hydroxylation is 1. The Balaban J connectivity index is 1.74. The number of aliphatic hydroxyl groups excluding tert-OH is 1. The third-order valence-corrected chi connectivity index (χ3v) is 7.60. The Bertz CT molecular complexity index is 1280. The Morgan fingerprint density at radius 1 is 1.05 bits per heavy atom. The minimum absolute atomic E-state index is 0.0580. The van der Waals surface area contributed by atoms with E-state index in [1.165, 1.54) is 0 Å². The van der Waals surface area contributed by atoms with Gasteiger partial charge in [-0.3, -0.25) is 14.5 Å². The summed E-state index contributed by atoms with van der Waals surface area (Å²) in [6.45, 7) is 12.9. The normalized spacial score (nSPS) is 19.0. The minimum atomic E-state index is -0.791. The van der Waals surface area contributed by atoms with Gasteiger partial charge in [0.05, 0.1) is 45.2 Å². The van der Waals surface area contributed by atoms with Gasteiger partial charge in [0.1, 0.15) is 11.5 Å². The van der Waals surface area contributed by atoms with Gasteiger partial charge < -0.3 is 29.0 Å². The molecule has 0 spiro atoms. The maximum atomic E-state index is 13.6. The van der Waals surface area contributed by atoms with Gasteiger partial charge in [-0.2, -0.15) is 0 Å². The minimum Gasteiger partial charge on any atom is -0.507 e. The van der Waals surface area contributed by atoms with E-state index in [2.05, 4.69) is 25.7 Å². The molecule has 2 aromatic carbocycles. The van der Waals surface area contributed by atoms with Crippen molar-refractivity contribution in [3.63, 3.8) is 0 Å². The summed E-state index contributed by atoms with van der Waals surface area (Å²) in [6.07, 6.45) is 1.91. The molecule has 1 N–H and O–H groups in total. The molecule has 0 radical (unpaired) electrons. The van der Waals surface area contributed by atoms with Crippen molar-refractivity contribution in [2.45, 2.75) is 46.6 Å². The van der Waals surface area contributed by atoms with Gasteiger partial charge in [-0.1, -0.05) is 33.3 Å². The molecule has 0 saturated carbocycles. The number of methoxy groups -OCH3 is 1. The van der Waals surface area contributed by atoms with Crippen molar-refractivity contribution in [1.29, 1.82) is 0 Å². The molecular weight excluding hydrogens is 536 g/mol. The fourth-order valence-corrected chi connectivity index (χ4v) is 5.23. The smallest absolute Gasteiger partial charge is 0.295 e. The number of nitrogens with zero attached hydrogens (tertiary/aromatic N) is 2. The molecule has 0 aliphatic carbocycles. The number of ketones is 1. The highest BCUT2D eigenvalue weighted by atomic mass is 16.5. The van der Waals surface area contributed by atoms with Crippen LogP contribution in [0.2, 0.25) is 0 Å². The van der Waals surface area contributed by atoms with Crippen LogP contribution in [0.4, 0.5) is 0 Å². The Morgan fingerprint density at radius 2 is 1.81 bits per heavy atom. The summed E-state index contributed by atoms with van der Waals surface area (Å²) in [5, 5.41) is 11.6. The van der Waals surface area contributed by atoms with Crippen LogP contribution in [0.1, 0.15) is 56.3 Å². The van der Waals surface area contributed by atoms with Gasteiger partial charge >= 0.3 is 0 Å². The number of unbranched alkanes of at least 4 members (excludes halogenated alkanes) is 1. The van der Waals surface area contributed by atoms with Crippen molar-refractivity contribution >= 4 is 17.4 Å². The number of hydrogen-bond donors (Lipinski definition) is 1. The van der Waals surface area contributed by atoms with Gasteiger partial charge in [0.15, 0.2) is 11.5 Å². The average Bonchev–Trinajstić information content (AvgIpc) is 3.24. The highest BCUT2D eigenvalue weighted by Crippen LogP contribution is 2.42. The van der Waals surface area contributed by atoms with E-state index in [4.69, 9.17) is 18.9 Å². The summed E-state index contributed by atoms with van der Waals surface area (Å²) in [7, 11) is 1.56. The summed E-state index contributed by atoms with van der Waals surface area (Å²) in [4.78, 5) is 30.9. The topological polar surface area (TPSA) is 97.8 Å². The monoisotopic (exact) mass is 580 g/mol. The number of aliphatic hydroxyl groups is 1. The molecule has 0 bridgehead atoms. The molecule has 1 unspecified atom stereocenters. The van der Waals surface area contributed by atoms with E-state index in [0.29, 0.717) is 73.8 Å². The molecular formula is C33H44N2O7. The van der Waals surface area contributed by atoms with E-state index < -0.39 is 17.7 Å². The van der Waals surface area contributed by atoms with Crippen molar-refractivity contribution in [2.75, 3.05) is 59.7 Å². The quantitative estimate of drug-likeness (QED) is 0.154. The van der Waals surface area contributed by atoms with Crippen LogP contribution in [0.15, 0.2) is 42.0 Å². The largest absolute Gasteiger partial charge is 0.507 e. The molecule has 1 atom stereocenters. The summed E-state index contributed by atoms with van der Waals surface area (Å²) in [5.74, 6) is 0.601. The zero-order valence-electron chi connectivity index (χ0n) is 25.5. The Hall–Kier alpha value is -3.56. The molecule has 42 heavy (non-hydrogen) atoms. The molecule has 0 aromatic heterocycles. The lowest BCUT2D eigenvalue weighted by Gasteiger charge is -2.31. The molecule has 2 aliphatic rings. The average molecular weight is 581 g/mol. The lowest BCUT2D eigenvalue weighted by atomic mass is 9.93. The number of carbonyl (C=O) groups excluding carboxylic acids is 2. The number of rotatable bonds is 13. The number of likely N-dealkylation sites (tertiary alicyclic amines) is 1. The number of carbonyl (C=O) groups is 2. The number of ether oxygens (including phenoxy) is 4. The van der Waals surface area contributed by atoms with Crippen LogP contribution in [0, 0.1) is 12.8 Å². The highest BCUT2D eigenvalue weighted by molar-refractivity contribution is 6.46. The van der Waals surface area contributed by atoms with E-state index >= 15 is 0 Å². The fraction of sp³-hybridized carbons (Fsp3) is 0.515. The fourth-order valence-electron chi connectivity index (χ4n) is 5.23. The van der Waals surface area contributed by atoms with Crippen LogP contribution in [0.3, 0.4) is 0 Å². The van der Waals surface area contributed by atoms with Gasteiger partial charge in [0.25, 0.3) is 11.7 Å². The Morgan fingerprint density at radius 3 is 2.48 bits per heavy atom. The van der Waals surface area contributed by atoms with E-state index in [1.54, 1.807) is 36.3 Å². The number of Topliss-reactive ketones (excluding diaryl/α,β-unsaturated/α-hetero) is 1. The van der Waals surface area contributed by atoms with Gasteiger partial charge in [-0.05, 0) is 60.7 Å². The first-order chi connectivity index (χ1) is 20.2. The van der Waals surface area contributed by atoms with Crippen LogP contribution < -0.4 is 14.2 Å². The second kappa shape index (κ2) is 14.6. The molecule has 2 aliphatic heterocycles. The molecule has 228 valence electrons. The van der Waals surface area contributed by atoms with Crippen LogP contribution in [0.5, 0.6) is 17.2 Å². The summed E-state index contributed by atoms with van der Waals surface area (Å²) < 4.78 is 22.9. The van der Waals surface area contributed by atoms with E-state index in [0.717, 1.165) is 31.5 Å². The van der Waals surface area contributed by atoms with Gasteiger partial charge in [-0.25, -0.2) is 0 Å².